The first-order chi connectivity index (χ1) is 11.9. The average molecular weight is 352 g/mol. The number of alkyl halides is 3. The van der Waals surface area contributed by atoms with Crippen LogP contribution in [0.15, 0.2) is 36.7 Å². The van der Waals surface area contributed by atoms with Crippen LogP contribution in [0.4, 0.5) is 24.7 Å². The number of nitrogens with zero attached hydrogens (tertiary/aromatic N) is 3. The molecule has 1 aromatic carbocycles. The number of hydrogen-bond donors (Lipinski definition) is 1. The second-order valence-electron chi connectivity index (χ2n) is 5.39. The summed E-state index contributed by atoms with van der Waals surface area (Å²) in [5, 5.41) is 2.39. The van der Waals surface area contributed by atoms with E-state index in [1.165, 1.54) is 24.5 Å². The second kappa shape index (κ2) is 7.06. The van der Waals surface area contributed by atoms with Crippen molar-refractivity contribution in [3.05, 3.63) is 47.9 Å². The lowest BCUT2D eigenvalue weighted by Crippen LogP contribution is -2.36. The Bertz CT molecular complexity index is 744. The number of carbonyl (C=O) groups is 1. The molecule has 1 aliphatic rings. The molecule has 1 aliphatic heterocycles. The summed E-state index contributed by atoms with van der Waals surface area (Å²) in [6, 6.07) is 4.41. The third-order valence-electron chi connectivity index (χ3n) is 3.65. The molecule has 0 atom stereocenters. The molecule has 0 spiro atoms. The molecule has 0 unspecified atom stereocenters. The molecule has 25 heavy (non-hydrogen) atoms. The van der Waals surface area contributed by atoms with E-state index in [0.717, 1.165) is 12.1 Å². The molecular weight excluding hydrogens is 337 g/mol. The quantitative estimate of drug-likeness (QED) is 0.920. The minimum absolute atomic E-state index is 0.0226. The zero-order chi connectivity index (χ0) is 17.9. The van der Waals surface area contributed by atoms with Gasteiger partial charge in [-0.05, 0) is 18.2 Å². The van der Waals surface area contributed by atoms with E-state index in [9.17, 15) is 18.0 Å². The molecule has 6 nitrogen and oxygen atoms in total. The molecule has 2 heterocycles. The van der Waals surface area contributed by atoms with Crippen LogP contribution < -0.4 is 10.2 Å². The molecule has 1 N–H and O–H groups in total. The standard InChI is InChI=1S/C16H15F3N4O2/c17-16(18,19)11-2-1-3-12(8-11)22-15(24)13-9-21-14(10-20-13)23-4-6-25-7-5-23/h1-3,8-10H,4-7H2,(H,22,24). The number of carbonyl (C=O) groups excluding carboxylic acids is 1. The predicted octanol–water partition coefficient (Wildman–Crippen LogP) is 2.58. The summed E-state index contributed by atoms with van der Waals surface area (Å²) >= 11 is 0. The van der Waals surface area contributed by atoms with Gasteiger partial charge in [-0.2, -0.15) is 13.2 Å². The van der Waals surface area contributed by atoms with E-state index in [-0.39, 0.29) is 11.4 Å². The number of anilines is 2. The van der Waals surface area contributed by atoms with E-state index >= 15 is 0 Å². The Balaban J connectivity index is 1.69. The number of aromatic nitrogens is 2. The van der Waals surface area contributed by atoms with Crippen LogP contribution in [0.2, 0.25) is 0 Å². The van der Waals surface area contributed by atoms with Crippen LogP contribution in [0.1, 0.15) is 16.1 Å². The van der Waals surface area contributed by atoms with Crippen molar-refractivity contribution in [3.8, 4) is 0 Å². The molecule has 1 fully saturated rings. The molecule has 0 saturated carbocycles. The van der Waals surface area contributed by atoms with Crippen molar-refractivity contribution < 1.29 is 22.7 Å². The van der Waals surface area contributed by atoms with E-state index < -0.39 is 17.6 Å². The number of nitrogens with one attached hydrogen (secondary N) is 1. The summed E-state index contributed by atoms with van der Waals surface area (Å²) in [5.41, 5.74) is -0.771. The lowest BCUT2D eigenvalue weighted by Gasteiger charge is -2.27. The maximum absolute atomic E-state index is 12.7. The van der Waals surface area contributed by atoms with E-state index in [1.807, 2.05) is 4.90 Å². The highest BCUT2D eigenvalue weighted by Gasteiger charge is 2.30. The van der Waals surface area contributed by atoms with Crippen molar-refractivity contribution in [3.63, 3.8) is 0 Å². The van der Waals surface area contributed by atoms with Crippen molar-refractivity contribution in [1.29, 1.82) is 0 Å². The van der Waals surface area contributed by atoms with Gasteiger partial charge >= 0.3 is 6.18 Å². The Kier molecular flexibility index (Phi) is 4.84. The first-order valence-electron chi connectivity index (χ1n) is 7.57. The lowest BCUT2D eigenvalue weighted by atomic mass is 10.2. The summed E-state index contributed by atoms with van der Waals surface area (Å²) in [5.74, 6) is -0.000675. The van der Waals surface area contributed by atoms with Gasteiger partial charge in [-0.25, -0.2) is 9.97 Å². The Hall–Kier alpha value is -2.68. The summed E-state index contributed by atoms with van der Waals surface area (Å²) in [7, 11) is 0. The summed E-state index contributed by atoms with van der Waals surface area (Å²) < 4.78 is 43.4. The summed E-state index contributed by atoms with van der Waals surface area (Å²) in [6.45, 7) is 2.56. The van der Waals surface area contributed by atoms with Gasteiger partial charge in [0.2, 0.25) is 0 Å². The largest absolute Gasteiger partial charge is 0.416 e. The first-order valence-corrected chi connectivity index (χ1v) is 7.57. The number of amides is 1. The SMILES string of the molecule is O=C(Nc1cccc(C(F)(F)F)c1)c1cnc(N2CCOCC2)cn1. The van der Waals surface area contributed by atoms with Gasteiger partial charge < -0.3 is 15.0 Å². The molecule has 2 aromatic rings. The van der Waals surface area contributed by atoms with E-state index in [0.29, 0.717) is 32.1 Å². The number of ether oxygens (including phenoxy) is 1. The molecule has 1 amide bonds. The van der Waals surface area contributed by atoms with Crippen LogP contribution in [0.3, 0.4) is 0 Å². The van der Waals surface area contributed by atoms with Gasteiger partial charge in [0.15, 0.2) is 0 Å². The zero-order valence-corrected chi connectivity index (χ0v) is 13.1. The fraction of sp³-hybridized carbons (Fsp3) is 0.312. The molecule has 1 saturated heterocycles. The maximum atomic E-state index is 12.7. The van der Waals surface area contributed by atoms with Gasteiger partial charge in [-0.1, -0.05) is 6.07 Å². The van der Waals surface area contributed by atoms with Crippen LogP contribution >= 0.6 is 0 Å². The highest BCUT2D eigenvalue weighted by Crippen LogP contribution is 2.30. The average Bonchev–Trinajstić information content (AvgIpc) is 2.62. The van der Waals surface area contributed by atoms with Crippen molar-refractivity contribution in [2.75, 3.05) is 36.5 Å². The highest BCUT2D eigenvalue weighted by atomic mass is 19.4. The lowest BCUT2D eigenvalue weighted by molar-refractivity contribution is -0.137. The minimum atomic E-state index is -4.47. The van der Waals surface area contributed by atoms with Gasteiger partial charge in [-0.15, -0.1) is 0 Å². The molecule has 0 bridgehead atoms. The predicted molar refractivity (Wildman–Crippen MR) is 84.5 cm³/mol. The Morgan fingerprint density at radius 3 is 2.56 bits per heavy atom. The third-order valence-corrected chi connectivity index (χ3v) is 3.65. The highest BCUT2D eigenvalue weighted by molar-refractivity contribution is 6.02. The second-order valence-corrected chi connectivity index (χ2v) is 5.39. The van der Waals surface area contributed by atoms with Crippen LogP contribution in [0.25, 0.3) is 0 Å². The number of hydrogen-bond acceptors (Lipinski definition) is 5. The minimum Gasteiger partial charge on any atom is -0.378 e. The van der Waals surface area contributed by atoms with E-state index in [2.05, 4.69) is 15.3 Å². The zero-order valence-electron chi connectivity index (χ0n) is 13.1. The van der Waals surface area contributed by atoms with Gasteiger partial charge in [0.05, 0.1) is 31.2 Å². The van der Waals surface area contributed by atoms with E-state index in [4.69, 9.17) is 4.74 Å². The fourth-order valence-electron chi connectivity index (χ4n) is 2.36. The summed E-state index contributed by atoms with van der Waals surface area (Å²) in [4.78, 5) is 22.3. The molecule has 0 aliphatic carbocycles. The number of halogens is 3. The van der Waals surface area contributed by atoms with Crippen molar-refractivity contribution in [2.24, 2.45) is 0 Å². The number of morpholine rings is 1. The van der Waals surface area contributed by atoms with Gasteiger partial charge in [0.25, 0.3) is 5.91 Å². The van der Waals surface area contributed by atoms with Gasteiger partial charge in [-0.3, -0.25) is 4.79 Å². The molecule has 132 valence electrons. The van der Waals surface area contributed by atoms with Gasteiger partial charge in [0, 0.05) is 18.8 Å². The van der Waals surface area contributed by atoms with E-state index in [1.54, 1.807) is 0 Å². The van der Waals surface area contributed by atoms with Crippen molar-refractivity contribution in [1.82, 2.24) is 9.97 Å². The fourth-order valence-corrected chi connectivity index (χ4v) is 2.36. The third kappa shape index (κ3) is 4.24. The Morgan fingerprint density at radius 2 is 1.92 bits per heavy atom. The summed E-state index contributed by atoms with van der Waals surface area (Å²) in [6.07, 6.45) is -1.71. The van der Waals surface area contributed by atoms with Crippen LogP contribution in [0.5, 0.6) is 0 Å². The van der Waals surface area contributed by atoms with Crippen molar-refractivity contribution in [2.45, 2.75) is 6.18 Å². The Labute approximate surface area is 141 Å². The molecule has 0 radical (unpaired) electrons. The monoisotopic (exact) mass is 352 g/mol. The van der Waals surface area contributed by atoms with Gasteiger partial charge in [0.1, 0.15) is 11.5 Å². The smallest absolute Gasteiger partial charge is 0.378 e. The molecular formula is C16H15F3N4O2. The Morgan fingerprint density at radius 1 is 1.16 bits per heavy atom. The maximum Gasteiger partial charge on any atom is 0.416 e. The number of benzene rings is 1. The topological polar surface area (TPSA) is 67.4 Å². The normalized spacial score (nSPS) is 15.1. The van der Waals surface area contributed by atoms with Crippen LogP contribution in [-0.2, 0) is 10.9 Å². The van der Waals surface area contributed by atoms with Crippen molar-refractivity contribution >= 4 is 17.4 Å². The number of rotatable bonds is 3. The molecule has 9 heteroatoms. The van der Waals surface area contributed by atoms with Crippen LogP contribution in [-0.4, -0.2) is 42.2 Å². The molecule has 3 rings (SSSR count). The first kappa shape index (κ1) is 17.2. The van der Waals surface area contributed by atoms with Crippen LogP contribution in [0, 0.1) is 0 Å². The molecule has 1 aromatic heterocycles.